The van der Waals surface area contributed by atoms with Gasteiger partial charge >= 0.3 is 0 Å². The lowest BCUT2D eigenvalue weighted by Gasteiger charge is -2.31. The number of piperidine rings is 1. The normalized spacial score (nSPS) is 15.1. The highest BCUT2D eigenvalue weighted by Gasteiger charge is 2.28. The number of nitrogens with zero attached hydrogens (tertiary/aromatic N) is 5. The second-order valence-electron chi connectivity index (χ2n) is 7.94. The van der Waals surface area contributed by atoms with Crippen LogP contribution in [0.3, 0.4) is 0 Å². The summed E-state index contributed by atoms with van der Waals surface area (Å²) < 4.78 is 7.02. The van der Waals surface area contributed by atoms with Gasteiger partial charge in [0, 0.05) is 37.9 Å². The minimum Gasteiger partial charge on any atom is -0.339 e. The first-order valence-electron chi connectivity index (χ1n) is 10.3. The Kier molecular flexibility index (Phi) is 5.52. The van der Waals surface area contributed by atoms with Gasteiger partial charge in [0.15, 0.2) is 0 Å². The van der Waals surface area contributed by atoms with Crippen molar-refractivity contribution < 1.29 is 14.1 Å². The maximum absolute atomic E-state index is 13.0. The molecule has 0 aromatic carbocycles. The summed E-state index contributed by atoms with van der Waals surface area (Å²) in [6.45, 7) is 7.85. The van der Waals surface area contributed by atoms with Crippen molar-refractivity contribution in [2.24, 2.45) is 5.92 Å². The molecular weight excluding hydrogens is 384 g/mol. The molecule has 1 saturated heterocycles. The van der Waals surface area contributed by atoms with Crippen molar-refractivity contribution in [3.63, 3.8) is 0 Å². The van der Waals surface area contributed by atoms with Crippen LogP contribution in [-0.4, -0.2) is 49.7 Å². The number of aryl methyl sites for hydroxylation is 1. The molecule has 1 aliphatic heterocycles. The van der Waals surface area contributed by atoms with Crippen LogP contribution in [0, 0.1) is 5.92 Å². The third-order valence-corrected chi connectivity index (χ3v) is 5.53. The Balaban J connectivity index is 1.38. The summed E-state index contributed by atoms with van der Waals surface area (Å²) in [6.07, 6.45) is 6.25. The van der Waals surface area contributed by atoms with E-state index in [9.17, 15) is 9.59 Å². The first-order chi connectivity index (χ1) is 14.5. The van der Waals surface area contributed by atoms with Gasteiger partial charge in [0.05, 0.1) is 28.5 Å². The molecular formula is C21H26N6O3. The largest absolute Gasteiger partial charge is 0.339 e. The van der Waals surface area contributed by atoms with Gasteiger partial charge in [-0.25, -0.2) is 4.98 Å². The quantitative estimate of drug-likeness (QED) is 0.693. The molecule has 9 heteroatoms. The number of rotatable bonds is 5. The fourth-order valence-corrected chi connectivity index (χ4v) is 3.76. The minimum absolute atomic E-state index is 0.0214. The second-order valence-corrected chi connectivity index (χ2v) is 7.94. The predicted molar refractivity (Wildman–Crippen MR) is 111 cm³/mol. The highest BCUT2D eigenvalue weighted by atomic mass is 16.5. The Hall–Kier alpha value is -3.23. The van der Waals surface area contributed by atoms with Crippen LogP contribution in [0.5, 0.6) is 0 Å². The van der Waals surface area contributed by atoms with Crippen molar-refractivity contribution in [1.82, 2.24) is 24.8 Å². The van der Waals surface area contributed by atoms with Crippen LogP contribution in [0.15, 0.2) is 29.2 Å². The van der Waals surface area contributed by atoms with Crippen molar-refractivity contribution in [2.75, 3.05) is 18.4 Å². The first-order valence-corrected chi connectivity index (χ1v) is 10.3. The number of pyridine rings is 1. The van der Waals surface area contributed by atoms with Crippen LogP contribution >= 0.6 is 0 Å². The zero-order chi connectivity index (χ0) is 21.3. The Morgan fingerprint density at radius 3 is 2.70 bits per heavy atom. The molecule has 4 heterocycles. The van der Waals surface area contributed by atoms with E-state index in [2.05, 4.69) is 20.6 Å². The van der Waals surface area contributed by atoms with E-state index in [1.165, 1.54) is 6.20 Å². The number of carbonyl (C=O) groups excluding carboxylic acids is 2. The van der Waals surface area contributed by atoms with Gasteiger partial charge in [0.1, 0.15) is 0 Å². The van der Waals surface area contributed by atoms with E-state index in [4.69, 9.17) is 4.52 Å². The average Bonchev–Trinajstić information content (AvgIpc) is 3.39. The van der Waals surface area contributed by atoms with E-state index >= 15 is 0 Å². The predicted octanol–water partition coefficient (Wildman–Crippen LogP) is 3.05. The number of aromatic nitrogens is 4. The third-order valence-electron chi connectivity index (χ3n) is 5.53. The van der Waals surface area contributed by atoms with E-state index in [0.717, 1.165) is 17.6 Å². The molecule has 1 aliphatic rings. The molecule has 0 spiro atoms. The maximum Gasteiger partial charge on any atom is 0.257 e. The van der Waals surface area contributed by atoms with E-state index < -0.39 is 0 Å². The fraction of sp³-hybridized carbons (Fsp3) is 0.476. The Bertz CT molecular complexity index is 1060. The lowest BCUT2D eigenvalue weighted by molar-refractivity contribution is -0.121. The Morgan fingerprint density at radius 1 is 1.27 bits per heavy atom. The van der Waals surface area contributed by atoms with E-state index in [1.807, 2.05) is 27.0 Å². The number of carbonyl (C=O) groups is 2. The molecule has 3 aromatic rings. The summed E-state index contributed by atoms with van der Waals surface area (Å²) in [6, 6.07) is 1.81. The highest BCUT2D eigenvalue weighted by Crippen LogP contribution is 2.26. The van der Waals surface area contributed by atoms with Crippen molar-refractivity contribution in [3.8, 4) is 0 Å². The number of hydrogen-bond acceptors (Lipinski definition) is 6. The van der Waals surface area contributed by atoms with Gasteiger partial charge in [-0.1, -0.05) is 19.0 Å². The molecule has 0 unspecified atom stereocenters. The van der Waals surface area contributed by atoms with Crippen LogP contribution in [0.1, 0.15) is 55.6 Å². The molecule has 2 amide bonds. The zero-order valence-corrected chi connectivity index (χ0v) is 17.5. The molecule has 1 N–H and O–H groups in total. The molecule has 0 bridgehead atoms. The first kappa shape index (κ1) is 20.1. The van der Waals surface area contributed by atoms with Gasteiger partial charge in [-0.15, -0.1) is 0 Å². The summed E-state index contributed by atoms with van der Waals surface area (Å²) in [5.74, 6) is -0.0439. The van der Waals surface area contributed by atoms with E-state index in [1.54, 1.807) is 21.8 Å². The van der Waals surface area contributed by atoms with Crippen LogP contribution in [-0.2, 0) is 11.3 Å². The lowest BCUT2D eigenvalue weighted by atomic mass is 9.95. The van der Waals surface area contributed by atoms with Crippen molar-refractivity contribution in [2.45, 2.75) is 46.1 Å². The SMILES string of the molecule is CCn1cc(NC(=O)C2CCN(C(=O)c3cnc4onc(C(C)C)c4c3)CC2)cn1. The summed E-state index contributed by atoms with van der Waals surface area (Å²) >= 11 is 0. The summed E-state index contributed by atoms with van der Waals surface area (Å²) in [4.78, 5) is 31.6. The van der Waals surface area contributed by atoms with Crippen molar-refractivity contribution >= 4 is 28.6 Å². The molecule has 0 atom stereocenters. The minimum atomic E-state index is -0.120. The van der Waals surface area contributed by atoms with Gasteiger partial charge in [-0.2, -0.15) is 5.10 Å². The summed E-state index contributed by atoms with van der Waals surface area (Å²) in [5.41, 5.74) is 2.46. The van der Waals surface area contributed by atoms with Crippen molar-refractivity contribution in [3.05, 3.63) is 35.9 Å². The molecule has 0 radical (unpaired) electrons. The molecule has 9 nitrogen and oxygen atoms in total. The maximum atomic E-state index is 13.0. The van der Waals surface area contributed by atoms with Crippen molar-refractivity contribution in [1.29, 1.82) is 0 Å². The number of amides is 2. The van der Waals surface area contributed by atoms with Crippen LogP contribution < -0.4 is 5.32 Å². The van der Waals surface area contributed by atoms with E-state index in [0.29, 0.717) is 42.9 Å². The summed E-state index contributed by atoms with van der Waals surface area (Å²) in [7, 11) is 0. The van der Waals surface area contributed by atoms with Gasteiger partial charge in [-0.3, -0.25) is 14.3 Å². The molecule has 3 aromatic heterocycles. The van der Waals surface area contributed by atoms with Crippen LogP contribution in [0.4, 0.5) is 5.69 Å². The second kappa shape index (κ2) is 8.25. The standard InChI is InChI=1S/C21H26N6O3/c1-4-27-12-16(11-23-27)24-19(28)14-5-7-26(8-6-14)21(29)15-9-17-18(13(2)3)25-30-20(17)22-10-15/h9-14H,4-8H2,1-3H3,(H,24,28). The third kappa shape index (κ3) is 3.92. The highest BCUT2D eigenvalue weighted by molar-refractivity contribution is 5.97. The Morgan fingerprint density at radius 2 is 2.03 bits per heavy atom. The average molecular weight is 410 g/mol. The number of fused-ring (bicyclic) bond motifs is 1. The van der Waals surface area contributed by atoms with Gasteiger partial charge < -0.3 is 14.7 Å². The lowest BCUT2D eigenvalue weighted by Crippen LogP contribution is -2.41. The van der Waals surface area contributed by atoms with Crippen LogP contribution in [0.2, 0.25) is 0 Å². The fourth-order valence-electron chi connectivity index (χ4n) is 3.76. The van der Waals surface area contributed by atoms with E-state index in [-0.39, 0.29) is 23.7 Å². The molecule has 1 fully saturated rings. The summed E-state index contributed by atoms with van der Waals surface area (Å²) in [5, 5.41) is 11.9. The smallest absolute Gasteiger partial charge is 0.257 e. The topological polar surface area (TPSA) is 106 Å². The molecule has 0 aliphatic carbocycles. The van der Waals surface area contributed by atoms with Crippen LogP contribution in [0.25, 0.3) is 11.1 Å². The number of anilines is 1. The van der Waals surface area contributed by atoms with Gasteiger partial charge in [-0.05, 0) is 31.7 Å². The number of likely N-dealkylation sites (tertiary alicyclic amines) is 1. The molecule has 0 saturated carbocycles. The molecule has 4 rings (SSSR count). The molecule has 158 valence electrons. The molecule has 30 heavy (non-hydrogen) atoms. The van der Waals surface area contributed by atoms with Gasteiger partial charge in [0.25, 0.3) is 11.6 Å². The number of nitrogens with one attached hydrogen (secondary N) is 1. The number of hydrogen-bond donors (Lipinski definition) is 1. The van der Waals surface area contributed by atoms with Gasteiger partial charge in [0.2, 0.25) is 5.91 Å². The monoisotopic (exact) mass is 410 g/mol. The zero-order valence-electron chi connectivity index (χ0n) is 17.5. The Labute approximate surface area is 174 Å².